The molecule has 4 rings (SSSR count). The van der Waals surface area contributed by atoms with Crippen molar-refractivity contribution in [3.63, 3.8) is 0 Å². The van der Waals surface area contributed by atoms with Crippen molar-refractivity contribution in [3.05, 3.63) is 23.8 Å². The van der Waals surface area contributed by atoms with E-state index >= 15 is 0 Å². The molecule has 2 atom stereocenters. The Kier molecular flexibility index (Phi) is 4.53. The van der Waals surface area contributed by atoms with Gasteiger partial charge in [-0.15, -0.1) is 0 Å². The number of fused-ring (bicyclic) bond motifs is 2. The van der Waals surface area contributed by atoms with Gasteiger partial charge in [-0.25, -0.2) is 0 Å². The molecule has 1 aromatic carbocycles. The largest absolute Gasteiger partial charge is 0.497 e. The van der Waals surface area contributed by atoms with Crippen LogP contribution >= 0.6 is 0 Å². The van der Waals surface area contributed by atoms with Gasteiger partial charge in [0.25, 0.3) is 5.91 Å². The monoisotopic (exact) mass is 372 g/mol. The molecule has 0 saturated carbocycles. The van der Waals surface area contributed by atoms with Crippen molar-refractivity contribution < 1.29 is 23.9 Å². The number of benzene rings is 1. The van der Waals surface area contributed by atoms with Gasteiger partial charge in [0.1, 0.15) is 11.5 Å². The summed E-state index contributed by atoms with van der Waals surface area (Å²) in [5.41, 5.74) is 0.516. The first-order chi connectivity index (χ1) is 13.0. The summed E-state index contributed by atoms with van der Waals surface area (Å²) in [6.45, 7) is 0. The van der Waals surface area contributed by atoms with Crippen LogP contribution in [-0.4, -0.2) is 59.9 Å². The van der Waals surface area contributed by atoms with E-state index in [2.05, 4.69) is 0 Å². The van der Waals surface area contributed by atoms with Gasteiger partial charge in [0.2, 0.25) is 11.8 Å². The fraction of sp³-hybridized carbons (Fsp3) is 0.550. The van der Waals surface area contributed by atoms with E-state index in [-0.39, 0.29) is 35.8 Å². The highest BCUT2D eigenvalue weighted by Gasteiger charge is 2.48. The number of hydrogen-bond acceptors (Lipinski definition) is 5. The van der Waals surface area contributed by atoms with Crippen LogP contribution in [0.15, 0.2) is 18.2 Å². The molecule has 2 unspecified atom stereocenters. The number of likely N-dealkylation sites (tertiary alicyclic amines) is 1. The summed E-state index contributed by atoms with van der Waals surface area (Å²) in [6, 6.07) is 5.23. The predicted molar refractivity (Wildman–Crippen MR) is 96.6 cm³/mol. The maximum atomic E-state index is 13.3. The number of carbonyl (C=O) groups is 3. The number of nitrogens with zero attached hydrogens (tertiary/aromatic N) is 2. The fourth-order valence-electron chi connectivity index (χ4n) is 4.81. The van der Waals surface area contributed by atoms with Crippen LogP contribution < -0.4 is 9.47 Å². The van der Waals surface area contributed by atoms with E-state index in [1.54, 1.807) is 25.3 Å². The standard InChI is InChI=1S/C20H24N2O5/c1-26-15-5-6-16(17(11-15)27-2)20(25)21-12-3-4-13(21)10-14(9-12)22-18(23)7-8-19(22)24/h5-6,11-14H,3-4,7-10H2,1-2H3. The number of ether oxygens (including phenoxy) is 2. The van der Waals surface area contributed by atoms with Crippen molar-refractivity contribution >= 4 is 17.7 Å². The fourth-order valence-corrected chi connectivity index (χ4v) is 4.81. The molecule has 0 N–H and O–H groups in total. The summed E-state index contributed by atoms with van der Waals surface area (Å²) in [6.07, 6.45) is 3.77. The molecular weight excluding hydrogens is 348 g/mol. The van der Waals surface area contributed by atoms with Crippen LogP contribution in [0.1, 0.15) is 48.9 Å². The zero-order valence-electron chi connectivity index (χ0n) is 15.6. The molecule has 3 amide bonds. The SMILES string of the molecule is COc1ccc(C(=O)N2C3CCC2CC(N2C(=O)CCC2=O)C3)c(OC)c1. The van der Waals surface area contributed by atoms with Gasteiger partial charge in [0.15, 0.2) is 0 Å². The van der Waals surface area contributed by atoms with Crippen molar-refractivity contribution in [1.82, 2.24) is 9.80 Å². The maximum Gasteiger partial charge on any atom is 0.258 e. The van der Waals surface area contributed by atoms with Gasteiger partial charge >= 0.3 is 0 Å². The van der Waals surface area contributed by atoms with Crippen molar-refractivity contribution in [3.8, 4) is 11.5 Å². The van der Waals surface area contributed by atoms with E-state index in [9.17, 15) is 14.4 Å². The molecule has 3 aliphatic heterocycles. The molecule has 144 valence electrons. The third-order valence-electron chi connectivity index (χ3n) is 6.04. The van der Waals surface area contributed by atoms with Crippen LogP contribution in [0, 0.1) is 0 Å². The lowest BCUT2D eigenvalue weighted by atomic mass is 9.95. The van der Waals surface area contributed by atoms with Crippen LogP contribution in [0.4, 0.5) is 0 Å². The number of methoxy groups -OCH3 is 2. The second kappa shape index (κ2) is 6.87. The van der Waals surface area contributed by atoms with Gasteiger partial charge in [0, 0.05) is 37.0 Å². The Bertz CT molecular complexity index is 763. The highest BCUT2D eigenvalue weighted by Crippen LogP contribution is 2.40. The molecule has 0 aromatic heterocycles. The summed E-state index contributed by atoms with van der Waals surface area (Å²) >= 11 is 0. The van der Waals surface area contributed by atoms with E-state index in [1.165, 1.54) is 12.0 Å². The minimum Gasteiger partial charge on any atom is -0.497 e. The zero-order valence-corrected chi connectivity index (χ0v) is 15.6. The average molecular weight is 372 g/mol. The van der Waals surface area contributed by atoms with E-state index < -0.39 is 0 Å². The highest BCUT2D eigenvalue weighted by molar-refractivity contribution is 6.02. The van der Waals surface area contributed by atoms with Crippen LogP contribution in [0.2, 0.25) is 0 Å². The Labute approximate surface area is 158 Å². The molecule has 3 fully saturated rings. The van der Waals surface area contributed by atoms with Gasteiger partial charge in [-0.3, -0.25) is 19.3 Å². The van der Waals surface area contributed by atoms with Gasteiger partial charge in [-0.1, -0.05) is 0 Å². The third kappa shape index (κ3) is 2.95. The molecule has 7 nitrogen and oxygen atoms in total. The van der Waals surface area contributed by atoms with Gasteiger partial charge in [-0.2, -0.15) is 0 Å². The number of carbonyl (C=O) groups excluding carboxylic acids is 3. The smallest absolute Gasteiger partial charge is 0.258 e. The zero-order chi connectivity index (χ0) is 19.1. The minimum absolute atomic E-state index is 0.0502. The number of imide groups is 1. The Hall–Kier alpha value is -2.57. The van der Waals surface area contributed by atoms with E-state index in [0.29, 0.717) is 42.7 Å². The van der Waals surface area contributed by atoms with Gasteiger partial charge < -0.3 is 14.4 Å². The highest BCUT2D eigenvalue weighted by atomic mass is 16.5. The molecule has 2 bridgehead atoms. The van der Waals surface area contributed by atoms with Crippen molar-refractivity contribution in [2.45, 2.75) is 56.7 Å². The Morgan fingerprint density at radius 3 is 2.15 bits per heavy atom. The van der Waals surface area contributed by atoms with Crippen LogP contribution in [-0.2, 0) is 9.59 Å². The van der Waals surface area contributed by atoms with Crippen molar-refractivity contribution in [2.75, 3.05) is 14.2 Å². The first-order valence-electron chi connectivity index (χ1n) is 9.43. The van der Waals surface area contributed by atoms with Gasteiger partial charge in [0.05, 0.1) is 19.8 Å². The summed E-state index contributed by atoms with van der Waals surface area (Å²) in [4.78, 5) is 40.8. The van der Waals surface area contributed by atoms with E-state index in [4.69, 9.17) is 9.47 Å². The van der Waals surface area contributed by atoms with Crippen molar-refractivity contribution in [1.29, 1.82) is 0 Å². The molecule has 3 aliphatic rings. The number of rotatable bonds is 4. The minimum atomic E-state index is -0.0770. The molecule has 1 aromatic rings. The first kappa shape index (κ1) is 17.8. The lowest BCUT2D eigenvalue weighted by Crippen LogP contribution is -2.53. The van der Waals surface area contributed by atoms with E-state index in [1.807, 2.05) is 4.90 Å². The number of hydrogen-bond donors (Lipinski definition) is 0. The lowest BCUT2D eigenvalue weighted by Gasteiger charge is -2.41. The summed E-state index contributed by atoms with van der Waals surface area (Å²) in [7, 11) is 3.11. The molecule has 0 radical (unpaired) electrons. The molecule has 27 heavy (non-hydrogen) atoms. The van der Waals surface area contributed by atoms with E-state index in [0.717, 1.165) is 12.8 Å². The number of amides is 3. The average Bonchev–Trinajstić information content (AvgIpc) is 3.15. The van der Waals surface area contributed by atoms with Crippen LogP contribution in [0.25, 0.3) is 0 Å². The van der Waals surface area contributed by atoms with Crippen LogP contribution in [0.5, 0.6) is 11.5 Å². The second-order valence-corrected chi connectivity index (χ2v) is 7.45. The Morgan fingerprint density at radius 2 is 1.59 bits per heavy atom. The quantitative estimate of drug-likeness (QED) is 0.756. The third-order valence-corrected chi connectivity index (χ3v) is 6.04. The number of piperidine rings is 1. The molecule has 3 saturated heterocycles. The first-order valence-corrected chi connectivity index (χ1v) is 9.43. The Morgan fingerprint density at radius 1 is 0.963 bits per heavy atom. The molecule has 0 spiro atoms. The molecule has 3 heterocycles. The Balaban J connectivity index is 1.56. The second-order valence-electron chi connectivity index (χ2n) is 7.45. The van der Waals surface area contributed by atoms with Gasteiger partial charge in [-0.05, 0) is 37.8 Å². The molecule has 7 heteroatoms. The normalized spacial score (nSPS) is 27.3. The topological polar surface area (TPSA) is 76.2 Å². The van der Waals surface area contributed by atoms with Crippen LogP contribution in [0.3, 0.4) is 0 Å². The summed E-state index contributed by atoms with van der Waals surface area (Å²) in [5, 5.41) is 0. The van der Waals surface area contributed by atoms with Crippen molar-refractivity contribution in [2.24, 2.45) is 0 Å². The predicted octanol–water partition coefficient (Wildman–Crippen LogP) is 1.99. The summed E-state index contributed by atoms with van der Waals surface area (Å²) < 4.78 is 10.6. The molecular formula is C20H24N2O5. The summed E-state index contributed by atoms with van der Waals surface area (Å²) in [5.74, 6) is 0.934. The lowest BCUT2D eigenvalue weighted by molar-refractivity contribution is -0.142. The molecule has 0 aliphatic carbocycles. The maximum absolute atomic E-state index is 13.3.